The number of hydrogen-bond donors (Lipinski definition) is 1. The summed E-state index contributed by atoms with van der Waals surface area (Å²) in [6.45, 7) is 8.57. The van der Waals surface area contributed by atoms with Crippen LogP contribution in [0.4, 0.5) is 0 Å². The van der Waals surface area contributed by atoms with E-state index in [0.29, 0.717) is 6.04 Å². The fourth-order valence-corrected chi connectivity index (χ4v) is 1.84. The highest BCUT2D eigenvalue weighted by molar-refractivity contribution is 5.35. The van der Waals surface area contributed by atoms with Crippen LogP contribution in [0.25, 0.3) is 0 Å². The zero-order chi connectivity index (χ0) is 11.4. The van der Waals surface area contributed by atoms with Crippen LogP contribution in [0, 0.1) is 13.8 Å². The van der Waals surface area contributed by atoms with Gasteiger partial charge in [-0.2, -0.15) is 0 Å². The number of benzene rings is 1. The Morgan fingerprint density at radius 1 is 1.27 bits per heavy atom. The summed E-state index contributed by atoms with van der Waals surface area (Å²) in [6, 6.07) is 6.95. The van der Waals surface area contributed by atoms with E-state index in [4.69, 9.17) is 0 Å². The molecule has 0 saturated carbocycles. The monoisotopic (exact) mass is 203 g/mol. The van der Waals surface area contributed by atoms with Gasteiger partial charge in [-0.15, -0.1) is 0 Å². The second-order valence-corrected chi connectivity index (χ2v) is 4.37. The molecule has 0 heterocycles. The van der Waals surface area contributed by atoms with Crippen molar-refractivity contribution in [3.8, 4) is 0 Å². The van der Waals surface area contributed by atoms with Crippen molar-refractivity contribution < 1.29 is 0 Å². The van der Waals surface area contributed by atoms with E-state index in [1.54, 1.807) is 0 Å². The minimum absolute atomic E-state index is 0.329. The predicted octanol–water partition coefficient (Wildman–Crippen LogP) is 3.53. The lowest BCUT2D eigenvalue weighted by Crippen LogP contribution is -2.15. The van der Waals surface area contributed by atoms with Crippen LogP contribution >= 0.6 is 0 Å². The van der Waals surface area contributed by atoms with Crippen LogP contribution in [0.15, 0.2) is 29.8 Å². The third-order valence-corrected chi connectivity index (χ3v) is 2.57. The number of allylic oxidation sites excluding steroid dienone is 1. The van der Waals surface area contributed by atoms with Gasteiger partial charge in [-0.25, -0.2) is 0 Å². The zero-order valence-electron chi connectivity index (χ0n) is 10.4. The van der Waals surface area contributed by atoms with Crippen LogP contribution in [0.2, 0.25) is 0 Å². The molecule has 0 fully saturated rings. The maximum Gasteiger partial charge on any atom is 0.0508 e. The first-order valence-electron chi connectivity index (χ1n) is 5.44. The Labute approximate surface area is 93.2 Å². The molecule has 1 unspecified atom stereocenters. The molecule has 0 spiro atoms. The molecule has 1 aromatic rings. The van der Waals surface area contributed by atoms with Crippen LogP contribution in [-0.4, -0.2) is 7.05 Å². The highest BCUT2D eigenvalue weighted by Gasteiger charge is 2.08. The first kappa shape index (κ1) is 12.0. The molecule has 1 N–H and O–H groups in total. The molecule has 0 radical (unpaired) electrons. The summed E-state index contributed by atoms with van der Waals surface area (Å²) in [5.41, 5.74) is 5.38. The Kier molecular flexibility index (Phi) is 4.10. The lowest BCUT2D eigenvalue weighted by Gasteiger charge is -2.16. The molecular weight excluding hydrogens is 182 g/mol. The van der Waals surface area contributed by atoms with E-state index in [-0.39, 0.29) is 0 Å². The smallest absolute Gasteiger partial charge is 0.0508 e. The fraction of sp³-hybridized carbons (Fsp3) is 0.429. The Hall–Kier alpha value is -1.08. The maximum atomic E-state index is 3.33. The standard InChI is InChI=1S/C14H21N/c1-10(2)8-14(15-5)13-7-6-11(3)9-12(13)4/h6-9,14-15H,1-5H3. The summed E-state index contributed by atoms with van der Waals surface area (Å²) < 4.78 is 0. The Morgan fingerprint density at radius 3 is 2.40 bits per heavy atom. The van der Waals surface area contributed by atoms with Gasteiger partial charge >= 0.3 is 0 Å². The number of rotatable bonds is 3. The molecule has 0 aliphatic carbocycles. The summed E-state index contributed by atoms with van der Waals surface area (Å²) in [5.74, 6) is 0. The molecule has 0 aliphatic heterocycles. The molecule has 1 aromatic carbocycles. The highest BCUT2D eigenvalue weighted by Crippen LogP contribution is 2.20. The number of aryl methyl sites for hydroxylation is 2. The molecule has 1 atom stereocenters. The second-order valence-electron chi connectivity index (χ2n) is 4.37. The minimum atomic E-state index is 0.329. The van der Waals surface area contributed by atoms with Crippen LogP contribution in [0.3, 0.4) is 0 Å². The second kappa shape index (κ2) is 5.13. The molecule has 1 nitrogen and oxygen atoms in total. The average Bonchev–Trinajstić information content (AvgIpc) is 2.14. The van der Waals surface area contributed by atoms with Gasteiger partial charge in [-0.1, -0.05) is 35.4 Å². The quantitative estimate of drug-likeness (QED) is 0.741. The van der Waals surface area contributed by atoms with Crippen molar-refractivity contribution in [2.75, 3.05) is 7.05 Å². The molecule has 0 amide bonds. The van der Waals surface area contributed by atoms with Gasteiger partial charge in [0.25, 0.3) is 0 Å². The van der Waals surface area contributed by atoms with Gasteiger partial charge in [0, 0.05) is 0 Å². The normalized spacial score (nSPS) is 12.3. The van der Waals surface area contributed by atoms with Gasteiger partial charge in [0.05, 0.1) is 6.04 Å². The highest BCUT2D eigenvalue weighted by atomic mass is 14.9. The van der Waals surface area contributed by atoms with Gasteiger partial charge in [0.15, 0.2) is 0 Å². The first-order valence-corrected chi connectivity index (χ1v) is 5.44. The number of nitrogens with one attached hydrogen (secondary N) is 1. The molecule has 82 valence electrons. The predicted molar refractivity (Wildman–Crippen MR) is 67.1 cm³/mol. The fourth-order valence-electron chi connectivity index (χ4n) is 1.84. The molecule has 0 saturated heterocycles. The molecule has 0 bridgehead atoms. The third-order valence-electron chi connectivity index (χ3n) is 2.57. The van der Waals surface area contributed by atoms with Crippen molar-refractivity contribution in [1.82, 2.24) is 5.32 Å². The lowest BCUT2D eigenvalue weighted by atomic mass is 9.98. The molecule has 1 heteroatoms. The minimum Gasteiger partial charge on any atom is -0.310 e. The van der Waals surface area contributed by atoms with Crippen LogP contribution < -0.4 is 5.32 Å². The van der Waals surface area contributed by atoms with Crippen LogP contribution in [0.5, 0.6) is 0 Å². The van der Waals surface area contributed by atoms with Crippen molar-refractivity contribution in [1.29, 1.82) is 0 Å². The van der Waals surface area contributed by atoms with Gasteiger partial charge < -0.3 is 5.32 Å². The number of likely N-dealkylation sites (N-methyl/N-ethyl adjacent to an activating group) is 1. The van der Waals surface area contributed by atoms with Gasteiger partial charge in [0.2, 0.25) is 0 Å². The average molecular weight is 203 g/mol. The maximum absolute atomic E-state index is 3.33. The van der Waals surface area contributed by atoms with E-state index in [2.05, 4.69) is 57.3 Å². The largest absolute Gasteiger partial charge is 0.310 e. The van der Waals surface area contributed by atoms with Crippen LogP contribution in [-0.2, 0) is 0 Å². The number of hydrogen-bond acceptors (Lipinski definition) is 1. The van der Waals surface area contributed by atoms with E-state index < -0.39 is 0 Å². The van der Waals surface area contributed by atoms with Crippen molar-refractivity contribution >= 4 is 0 Å². The van der Waals surface area contributed by atoms with E-state index in [9.17, 15) is 0 Å². The van der Waals surface area contributed by atoms with E-state index in [1.165, 1.54) is 22.3 Å². The Bertz CT molecular complexity index is 360. The Balaban J connectivity index is 3.07. The summed E-state index contributed by atoms with van der Waals surface area (Å²) in [7, 11) is 2.00. The molecule has 15 heavy (non-hydrogen) atoms. The molecule has 1 rings (SSSR count). The zero-order valence-corrected chi connectivity index (χ0v) is 10.4. The molecule has 0 aromatic heterocycles. The van der Waals surface area contributed by atoms with Gasteiger partial charge in [-0.3, -0.25) is 0 Å². The van der Waals surface area contributed by atoms with E-state index >= 15 is 0 Å². The van der Waals surface area contributed by atoms with Crippen molar-refractivity contribution in [3.05, 3.63) is 46.5 Å². The van der Waals surface area contributed by atoms with Crippen LogP contribution in [0.1, 0.15) is 36.6 Å². The van der Waals surface area contributed by atoms with Crippen molar-refractivity contribution in [2.24, 2.45) is 0 Å². The lowest BCUT2D eigenvalue weighted by molar-refractivity contribution is 0.705. The summed E-state index contributed by atoms with van der Waals surface area (Å²) in [6.07, 6.45) is 2.26. The summed E-state index contributed by atoms with van der Waals surface area (Å²) >= 11 is 0. The Morgan fingerprint density at radius 2 is 1.93 bits per heavy atom. The topological polar surface area (TPSA) is 12.0 Å². The van der Waals surface area contributed by atoms with Crippen molar-refractivity contribution in [3.63, 3.8) is 0 Å². The van der Waals surface area contributed by atoms with Gasteiger partial charge in [0.1, 0.15) is 0 Å². The van der Waals surface area contributed by atoms with Crippen molar-refractivity contribution in [2.45, 2.75) is 33.7 Å². The first-order chi connectivity index (χ1) is 7.04. The molecule has 0 aliphatic rings. The van der Waals surface area contributed by atoms with E-state index in [0.717, 1.165) is 0 Å². The molecular formula is C14H21N. The van der Waals surface area contributed by atoms with Gasteiger partial charge in [-0.05, 0) is 45.9 Å². The SMILES string of the molecule is CNC(C=C(C)C)c1ccc(C)cc1C. The summed E-state index contributed by atoms with van der Waals surface area (Å²) in [4.78, 5) is 0. The summed E-state index contributed by atoms with van der Waals surface area (Å²) in [5, 5.41) is 3.33. The third kappa shape index (κ3) is 3.21. The van der Waals surface area contributed by atoms with E-state index in [1.807, 2.05) is 7.05 Å².